The average molecular weight is 329 g/mol. The van der Waals surface area contributed by atoms with Gasteiger partial charge in [-0.1, -0.05) is 29.8 Å². The Morgan fingerprint density at radius 1 is 1.37 bits per heavy atom. The van der Waals surface area contributed by atoms with Crippen molar-refractivity contribution >= 4 is 15.9 Å². The van der Waals surface area contributed by atoms with Crippen LogP contribution in [0.5, 0.6) is 0 Å². The second kappa shape index (κ2) is 6.33. The first kappa shape index (κ1) is 14.9. The number of benzene rings is 1. The first-order valence-corrected chi connectivity index (χ1v) is 7.79. The molecule has 0 saturated carbocycles. The van der Waals surface area contributed by atoms with Gasteiger partial charge in [-0.2, -0.15) is 0 Å². The van der Waals surface area contributed by atoms with E-state index in [2.05, 4.69) is 40.0 Å². The molecule has 1 aliphatic rings. The van der Waals surface area contributed by atoms with Gasteiger partial charge >= 0.3 is 0 Å². The Kier molecular flexibility index (Phi) is 4.98. The number of piperazine rings is 1. The summed E-state index contributed by atoms with van der Waals surface area (Å²) in [6.07, 6.45) is 2.22. The molecule has 1 heterocycles. The van der Waals surface area contributed by atoms with Crippen LogP contribution in [0.25, 0.3) is 0 Å². The van der Waals surface area contributed by atoms with Crippen LogP contribution < -0.4 is 5.32 Å². The quantitative estimate of drug-likeness (QED) is 0.909. The molecule has 0 unspecified atom stereocenters. The fourth-order valence-electron chi connectivity index (χ4n) is 2.81. The zero-order chi connectivity index (χ0) is 13.9. The molecule has 1 N–H and O–H groups in total. The number of nitrogens with zero attached hydrogens (tertiary/aromatic N) is 1. The molecule has 1 aromatic rings. The van der Waals surface area contributed by atoms with Crippen molar-refractivity contribution in [1.82, 2.24) is 10.2 Å². The monoisotopic (exact) mass is 328 g/mol. The number of hydrogen-bond acceptors (Lipinski definition) is 2. The average Bonchev–Trinajstić information content (AvgIpc) is 2.43. The zero-order valence-electron chi connectivity index (χ0n) is 11.7. The first-order chi connectivity index (χ1) is 9.08. The molecule has 0 aliphatic carbocycles. The van der Waals surface area contributed by atoms with E-state index in [1.54, 1.807) is 6.07 Å². The Morgan fingerprint density at radius 3 is 2.79 bits per heavy atom. The van der Waals surface area contributed by atoms with Crippen molar-refractivity contribution in [2.75, 3.05) is 19.6 Å². The van der Waals surface area contributed by atoms with Gasteiger partial charge in [-0.05, 0) is 31.0 Å². The van der Waals surface area contributed by atoms with Crippen LogP contribution in [0.3, 0.4) is 0 Å². The molecule has 0 radical (unpaired) electrons. The molecule has 1 fully saturated rings. The lowest BCUT2D eigenvalue weighted by Gasteiger charge is -2.43. The maximum atomic E-state index is 13.8. The highest BCUT2D eigenvalue weighted by Crippen LogP contribution is 2.23. The third kappa shape index (κ3) is 3.56. The van der Waals surface area contributed by atoms with E-state index in [9.17, 15) is 4.39 Å². The summed E-state index contributed by atoms with van der Waals surface area (Å²) >= 11 is 3.41. The Hall–Kier alpha value is -0.450. The normalized spacial score (nSPS) is 19.6. The largest absolute Gasteiger partial charge is 0.309 e. The lowest BCUT2D eigenvalue weighted by molar-refractivity contribution is 0.117. The molecule has 1 aliphatic heterocycles. The predicted octanol–water partition coefficient (Wildman–Crippen LogP) is 3.55. The van der Waals surface area contributed by atoms with Gasteiger partial charge in [-0.3, -0.25) is 4.90 Å². The van der Waals surface area contributed by atoms with Crippen molar-refractivity contribution in [2.24, 2.45) is 0 Å². The molecular formula is C15H22BrFN2. The van der Waals surface area contributed by atoms with E-state index in [-0.39, 0.29) is 11.4 Å². The highest BCUT2D eigenvalue weighted by Gasteiger charge is 2.31. The Balaban J connectivity index is 2.08. The molecule has 106 valence electrons. The molecule has 4 heteroatoms. The molecule has 2 rings (SSSR count). The van der Waals surface area contributed by atoms with E-state index in [0.717, 1.165) is 42.5 Å². The molecule has 0 amide bonds. The van der Waals surface area contributed by atoms with Crippen LogP contribution >= 0.6 is 15.9 Å². The summed E-state index contributed by atoms with van der Waals surface area (Å²) < 4.78 is 14.8. The van der Waals surface area contributed by atoms with Crippen LogP contribution in [0.4, 0.5) is 4.39 Å². The SMILES string of the molecule is CCC1(CC)CN(Cc2cc(Br)ccc2F)CCN1. The van der Waals surface area contributed by atoms with Crippen LogP contribution in [0.15, 0.2) is 22.7 Å². The van der Waals surface area contributed by atoms with E-state index >= 15 is 0 Å². The van der Waals surface area contributed by atoms with E-state index in [0.29, 0.717) is 6.54 Å². The van der Waals surface area contributed by atoms with Crippen LogP contribution in [-0.2, 0) is 6.54 Å². The van der Waals surface area contributed by atoms with Gasteiger partial charge in [-0.15, -0.1) is 0 Å². The van der Waals surface area contributed by atoms with Crippen molar-refractivity contribution in [2.45, 2.75) is 38.8 Å². The van der Waals surface area contributed by atoms with Gasteiger partial charge in [0.15, 0.2) is 0 Å². The lowest BCUT2D eigenvalue weighted by Crippen LogP contribution is -2.59. The van der Waals surface area contributed by atoms with E-state index in [1.807, 2.05) is 6.07 Å². The van der Waals surface area contributed by atoms with Crippen LogP contribution in [0.2, 0.25) is 0 Å². The minimum absolute atomic E-state index is 0.111. The van der Waals surface area contributed by atoms with Crippen molar-refractivity contribution in [3.8, 4) is 0 Å². The highest BCUT2D eigenvalue weighted by molar-refractivity contribution is 9.10. The third-order valence-corrected chi connectivity index (χ3v) is 4.70. The van der Waals surface area contributed by atoms with Gasteiger partial charge in [0.05, 0.1) is 0 Å². The topological polar surface area (TPSA) is 15.3 Å². The van der Waals surface area contributed by atoms with Crippen molar-refractivity contribution in [3.05, 3.63) is 34.1 Å². The molecule has 0 spiro atoms. The summed E-state index contributed by atoms with van der Waals surface area (Å²) in [5, 5.41) is 3.63. The summed E-state index contributed by atoms with van der Waals surface area (Å²) in [5.74, 6) is -0.111. The Bertz CT molecular complexity index is 432. The van der Waals surface area contributed by atoms with Crippen molar-refractivity contribution in [3.63, 3.8) is 0 Å². The fourth-order valence-corrected chi connectivity index (χ4v) is 3.21. The minimum atomic E-state index is -0.111. The summed E-state index contributed by atoms with van der Waals surface area (Å²) in [6.45, 7) is 8.09. The number of nitrogens with one attached hydrogen (secondary N) is 1. The fraction of sp³-hybridized carbons (Fsp3) is 0.600. The molecule has 1 saturated heterocycles. The molecule has 0 bridgehead atoms. The standard InChI is InChI=1S/C15H22BrFN2/c1-3-15(4-2)11-19(8-7-18-15)10-12-9-13(16)5-6-14(12)17/h5-6,9,18H,3-4,7-8,10-11H2,1-2H3. The van der Waals surface area contributed by atoms with E-state index in [4.69, 9.17) is 0 Å². The van der Waals surface area contributed by atoms with Crippen LogP contribution in [0, 0.1) is 5.82 Å². The van der Waals surface area contributed by atoms with Gasteiger partial charge in [0.2, 0.25) is 0 Å². The number of rotatable bonds is 4. The Morgan fingerprint density at radius 2 is 2.11 bits per heavy atom. The van der Waals surface area contributed by atoms with E-state index < -0.39 is 0 Å². The van der Waals surface area contributed by atoms with Crippen molar-refractivity contribution in [1.29, 1.82) is 0 Å². The number of halogens is 2. The summed E-state index contributed by atoms with van der Waals surface area (Å²) in [6, 6.07) is 5.17. The van der Waals surface area contributed by atoms with Crippen LogP contribution in [0.1, 0.15) is 32.3 Å². The highest BCUT2D eigenvalue weighted by atomic mass is 79.9. The Labute approximate surface area is 123 Å². The van der Waals surface area contributed by atoms with Gasteiger partial charge in [0, 0.05) is 41.8 Å². The molecule has 2 nitrogen and oxygen atoms in total. The molecular weight excluding hydrogens is 307 g/mol. The molecule has 0 aromatic heterocycles. The summed E-state index contributed by atoms with van der Waals surface area (Å²) in [5.41, 5.74) is 0.971. The van der Waals surface area contributed by atoms with Gasteiger partial charge in [0.25, 0.3) is 0 Å². The van der Waals surface area contributed by atoms with E-state index in [1.165, 1.54) is 6.07 Å². The third-order valence-electron chi connectivity index (χ3n) is 4.21. The zero-order valence-corrected chi connectivity index (χ0v) is 13.3. The first-order valence-electron chi connectivity index (χ1n) is 7.00. The maximum Gasteiger partial charge on any atom is 0.127 e. The predicted molar refractivity (Wildman–Crippen MR) is 80.7 cm³/mol. The minimum Gasteiger partial charge on any atom is -0.309 e. The van der Waals surface area contributed by atoms with Gasteiger partial charge in [0.1, 0.15) is 5.82 Å². The second-order valence-electron chi connectivity index (χ2n) is 5.36. The van der Waals surface area contributed by atoms with Crippen molar-refractivity contribution < 1.29 is 4.39 Å². The second-order valence-corrected chi connectivity index (χ2v) is 6.28. The summed E-state index contributed by atoms with van der Waals surface area (Å²) in [4.78, 5) is 2.36. The lowest BCUT2D eigenvalue weighted by atomic mass is 9.90. The van der Waals surface area contributed by atoms with Crippen LogP contribution in [-0.4, -0.2) is 30.1 Å². The molecule has 1 aromatic carbocycles. The number of hydrogen-bond donors (Lipinski definition) is 1. The molecule has 19 heavy (non-hydrogen) atoms. The molecule has 0 atom stereocenters. The van der Waals surface area contributed by atoms with Gasteiger partial charge in [-0.25, -0.2) is 4.39 Å². The maximum absolute atomic E-state index is 13.8. The summed E-state index contributed by atoms with van der Waals surface area (Å²) in [7, 11) is 0. The van der Waals surface area contributed by atoms with Gasteiger partial charge < -0.3 is 5.32 Å². The smallest absolute Gasteiger partial charge is 0.127 e.